The van der Waals surface area contributed by atoms with Crippen molar-refractivity contribution in [3.8, 4) is 17.1 Å². The molecule has 0 aliphatic carbocycles. The average molecular weight is 271 g/mol. The molecule has 0 spiro atoms. The maximum absolute atomic E-state index is 5.53. The number of aromatic nitrogens is 2. The maximum Gasteiger partial charge on any atom is 0.161 e. The van der Waals surface area contributed by atoms with Crippen LogP contribution in [0.25, 0.3) is 11.4 Å². The predicted octanol–water partition coefficient (Wildman–Crippen LogP) is 3.45. The van der Waals surface area contributed by atoms with Crippen LogP contribution in [0.5, 0.6) is 5.75 Å². The molecule has 0 atom stereocenters. The molecular formula is C16H21N3O. The van der Waals surface area contributed by atoms with E-state index < -0.39 is 0 Å². The molecule has 0 fully saturated rings. The summed E-state index contributed by atoms with van der Waals surface area (Å²) in [7, 11) is 1.88. The molecule has 0 saturated carbocycles. The third-order valence-electron chi connectivity index (χ3n) is 3.22. The van der Waals surface area contributed by atoms with E-state index in [9.17, 15) is 0 Å². The van der Waals surface area contributed by atoms with Gasteiger partial charge >= 0.3 is 0 Å². The highest BCUT2D eigenvalue weighted by Crippen LogP contribution is 2.25. The van der Waals surface area contributed by atoms with Gasteiger partial charge in [0.2, 0.25) is 0 Å². The fraction of sp³-hybridized carbons (Fsp3) is 0.375. The van der Waals surface area contributed by atoms with E-state index in [1.54, 1.807) is 0 Å². The summed E-state index contributed by atoms with van der Waals surface area (Å²) in [5.41, 5.74) is 3.16. The van der Waals surface area contributed by atoms with Crippen LogP contribution in [0.3, 0.4) is 0 Å². The quantitative estimate of drug-likeness (QED) is 0.904. The fourth-order valence-corrected chi connectivity index (χ4v) is 2.17. The van der Waals surface area contributed by atoms with Crippen molar-refractivity contribution in [1.82, 2.24) is 9.97 Å². The van der Waals surface area contributed by atoms with Crippen molar-refractivity contribution in [3.63, 3.8) is 0 Å². The van der Waals surface area contributed by atoms with Crippen molar-refractivity contribution in [2.45, 2.75) is 27.2 Å². The summed E-state index contributed by atoms with van der Waals surface area (Å²) < 4.78 is 5.53. The highest BCUT2D eigenvalue weighted by Gasteiger charge is 2.10. The molecule has 4 nitrogen and oxygen atoms in total. The van der Waals surface area contributed by atoms with Crippen molar-refractivity contribution in [1.29, 1.82) is 0 Å². The van der Waals surface area contributed by atoms with Crippen molar-refractivity contribution < 1.29 is 4.74 Å². The average Bonchev–Trinajstić information content (AvgIpc) is 2.48. The van der Waals surface area contributed by atoms with Gasteiger partial charge in [-0.25, -0.2) is 9.97 Å². The largest absolute Gasteiger partial charge is 0.494 e. The van der Waals surface area contributed by atoms with Gasteiger partial charge in [-0.1, -0.05) is 19.1 Å². The Balaban J connectivity index is 2.49. The number of aryl methyl sites for hydroxylation is 1. The molecule has 1 aromatic heterocycles. The molecule has 0 saturated heterocycles. The van der Waals surface area contributed by atoms with Crippen LogP contribution < -0.4 is 10.1 Å². The topological polar surface area (TPSA) is 47.0 Å². The van der Waals surface area contributed by atoms with Gasteiger partial charge in [0.15, 0.2) is 5.82 Å². The van der Waals surface area contributed by atoms with Crippen molar-refractivity contribution in [2.24, 2.45) is 0 Å². The van der Waals surface area contributed by atoms with Crippen LogP contribution in [0.2, 0.25) is 0 Å². The number of anilines is 1. The number of rotatable bonds is 5. The smallest absolute Gasteiger partial charge is 0.161 e. The van der Waals surface area contributed by atoms with Crippen LogP contribution in [0.15, 0.2) is 24.3 Å². The van der Waals surface area contributed by atoms with Crippen molar-refractivity contribution in [3.05, 3.63) is 35.5 Å². The van der Waals surface area contributed by atoms with E-state index in [-0.39, 0.29) is 0 Å². The molecule has 0 amide bonds. The monoisotopic (exact) mass is 271 g/mol. The zero-order valence-corrected chi connectivity index (χ0v) is 12.5. The Labute approximate surface area is 120 Å². The van der Waals surface area contributed by atoms with Crippen LogP contribution >= 0.6 is 0 Å². The molecule has 20 heavy (non-hydrogen) atoms. The Hall–Kier alpha value is -2.10. The fourth-order valence-electron chi connectivity index (χ4n) is 2.17. The van der Waals surface area contributed by atoms with Gasteiger partial charge < -0.3 is 10.1 Å². The standard InChI is InChI=1S/C16H21N3O/c1-5-14-11(3)15(17-4)19-16(18-14)12-8-7-9-13(10-12)20-6-2/h7-10H,5-6H2,1-4H3,(H,17,18,19). The zero-order valence-electron chi connectivity index (χ0n) is 12.5. The third kappa shape index (κ3) is 2.90. The van der Waals surface area contributed by atoms with Gasteiger partial charge in [0.05, 0.1) is 6.61 Å². The molecule has 0 radical (unpaired) electrons. The second kappa shape index (κ2) is 6.37. The number of hydrogen-bond donors (Lipinski definition) is 1. The lowest BCUT2D eigenvalue weighted by atomic mass is 10.1. The summed E-state index contributed by atoms with van der Waals surface area (Å²) in [5, 5.41) is 3.14. The summed E-state index contributed by atoms with van der Waals surface area (Å²) in [4.78, 5) is 9.26. The molecule has 1 aromatic carbocycles. The first kappa shape index (κ1) is 14.3. The second-order valence-corrected chi connectivity index (χ2v) is 4.53. The highest BCUT2D eigenvalue weighted by molar-refractivity contribution is 5.61. The molecule has 0 unspecified atom stereocenters. The summed E-state index contributed by atoms with van der Waals surface area (Å²) in [6, 6.07) is 7.90. The molecule has 106 valence electrons. The van der Waals surface area contributed by atoms with Crippen LogP contribution in [0.4, 0.5) is 5.82 Å². The Morgan fingerprint density at radius 2 is 2.00 bits per heavy atom. The van der Waals surface area contributed by atoms with Gasteiger partial charge in [0.1, 0.15) is 11.6 Å². The molecule has 0 aliphatic heterocycles. The van der Waals surface area contributed by atoms with Crippen LogP contribution in [0, 0.1) is 6.92 Å². The second-order valence-electron chi connectivity index (χ2n) is 4.53. The Bertz CT molecular complexity index is 571. The van der Waals surface area contributed by atoms with E-state index in [2.05, 4.69) is 22.2 Å². The van der Waals surface area contributed by atoms with Gasteiger partial charge in [-0.05, 0) is 32.4 Å². The lowest BCUT2D eigenvalue weighted by Crippen LogP contribution is -2.04. The number of hydrogen-bond acceptors (Lipinski definition) is 4. The normalized spacial score (nSPS) is 10.4. The molecule has 0 aliphatic rings. The van der Waals surface area contributed by atoms with E-state index in [0.717, 1.165) is 40.6 Å². The van der Waals surface area contributed by atoms with Gasteiger partial charge in [-0.3, -0.25) is 0 Å². The first-order chi connectivity index (χ1) is 9.69. The molecule has 2 aromatic rings. The van der Waals surface area contributed by atoms with Crippen LogP contribution in [-0.4, -0.2) is 23.6 Å². The maximum atomic E-state index is 5.53. The lowest BCUT2D eigenvalue weighted by Gasteiger charge is -2.12. The SMILES string of the molecule is CCOc1cccc(-c2nc(CC)c(C)c(NC)n2)c1. The van der Waals surface area contributed by atoms with E-state index in [0.29, 0.717) is 6.61 Å². The van der Waals surface area contributed by atoms with E-state index in [1.807, 2.05) is 45.2 Å². The van der Waals surface area contributed by atoms with Gasteiger partial charge in [0.25, 0.3) is 0 Å². The summed E-state index contributed by atoms with van der Waals surface area (Å²) in [6.07, 6.45) is 0.890. The molecule has 1 heterocycles. The van der Waals surface area contributed by atoms with E-state index >= 15 is 0 Å². The minimum Gasteiger partial charge on any atom is -0.494 e. The summed E-state index contributed by atoms with van der Waals surface area (Å²) >= 11 is 0. The lowest BCUT2D eigenvalue weighted by molar-refractivity contribution is 0.340. The van der Waals surface area contributed by atoms with Crippen molar-refractivity contribution >= 4 is 5.82 Å². The molecule has 1 N–H and O–H groups in total. The summed E-state index contributed by atoms with van der Waals surface area (Å²) in [5.74, 6) is 2.46. The Kier molecular flexibility index (Phi) is 4.56. The van der Waals surface area contributed by atoms with Gasteiger partial charge in [0, 0.05) is 23.9 Å². The minimum absolute atomic E-state index is 0.653. The van der Waals surface area contributed by atoms with E-state index in [1.165, 1.54) is 0 Å². The first-order valence-corrected chi connectivity index (χ1v) is 6.98. The third-order valence-corrected chi connectivity index (χ3v) is 3.22. The number of ether oxygens (including phenoxy) is 1. The molecule has 2 rings (SSSR count). The number of nitrogens with one attached hydrogen (secondary N) is 1. The first-order valence-electron chi connectivity index (χ1n) is 6.98. The predicted molar refractivity (Wildman–Crippen MR) is 82.3 cm³/mol. The van der Waals surface area contributed by atoms with E-state index in [4.69, 9.17) is 4.74 Å². The van der Waals surface area contributed by atoms with Crippen molar-refractivity contribution in [2.75, 3.05) is 19.0 Å². The summed E-state index contributed by atoms with van der Waals surface area (Å²) in [6.45, 7) is 6.78. The van der Waals surface area contributed by atoms with Crippen LogP contribution in [0.1, 0.15) is 25.1 Å². The van der Waals surface area contributed by atoms with Gasteiger partial charge in [-0.15, -0.1) is 0 Å². The number of nitrogens with zero attached hydrogens (tertiary/aromatic N) is 2. The Morgan fingerprint density at radius 3 is 2.65 bits per heavy atom. The molecular weight excluding hydrogens is 250 g/mol. The zero-order chi connectivity index (χ0) is 14.5. The number of benzene rings is 1. The Morgan fingerprint density at radius 1 is 1.20 bits per heavy atom. The highest BCUT2D eigenvalue weighted by atomic mass is 16.5. The molecule has 0 bridgehead atoms. The molecule has 4 heteroatoms. The van der Waals surface area contributed by atoms with Gasteiger partial charge in [-0.2, -0.15) is 0 Å². The van der Waals surface area contributed by atoms with Crippen LogP contribution in [-0.2, 0) is 6.42 Å². The minimum atomic E-state index is 0.653.